The molecule has 8 heteroatoms. The van der Waals surface area contributed by atoms with Gasteiger partial charge >= 0.3 is 0 Å². The molecule has 1 N–H and O–H groups in total. The predicted molar refractivity (Wildman–Crippen MR) is 136 cm³/mol. The van der Waals surface area contributed by atoms with E-state index in [1.54, 1.807) is 36.2 Å². The monoisotopic (exact) mass is 487 g/mol. The van der Waals surface area contributed by atoms with Crippen molar-refractivity contribution >= 4 is 11.8 Å². The van der Waals surface area contributed by atoms with Gasteiger partial charge in [-0.2, -0.15) is 5.10 Å². The second-order valence-corrected chi connectivity index (χ2v) is 9.75. The Kier molecular flexibility index (Phi) is 6.62. The molecule has 36 heavy (non-hydrogen) atoms. The van der Waals surface area contributed by atoms with Crippen molar-refractivity contribution in [2.45, 2.75) is 50.2 Å². The third-order valence-electron chi connectivity index (χ3n) is 7.72. The lowest BCUT2D eigenvalue weighted by molar-refractivity contribution is -0.00947. The van der Waals surface area contributed by atoms with E-state index in [4.69, 9.17) is 4.74 Å². The van der Waals surface area contributed by atoms with Crippen LogP contribution in [-0.4, -0.2) is 57.8 Å². The van der Waals surface area contributed by atoms with Gasteiger partial charge in [-0.05, 0) is 48.6 Å². The first-order valence-electron chi connectivity index (χ1n) is 12.6. The molecular weight excluding hydrogens is 454 g/mol. The zero-order valence-electron chi connectivity index (χ0n) is 21.1. The maximum Gasteiger partial charge on any atom is 0.272 e. The molecule has 1 saturated heterocycles. The van der Waals surface area contributed by atoms with Crippen LogP contribution in [0.5, 0.6) is 0 Å². The first-order chi connectivity index (χ1) is 17.5. The molecule has 1 spiro atoms. The van der Waals surface area contributed by atoms with Crippen LogP contribution in [0.4, 0.5) is 0 Å². The van der Waals surface area contributed by atoms with Crippen molar-refractivity contribution < 1.29 is 14.3 Å². The number of carbonyl (C=O) groups excluding carboxylic acids is 2. The number of hydrogen-bond donors (Lipinski definition) is 1. The maximum absolute atomic E-state index is 13.4. The molecule has 0 radical (unpaired) electrons. The van der Waals surface area contributed by atoms with Crippen LogP contribution in [0.3, 0.4) is 0 Å². The minimum Gasteiger partial charge on any atom is -0.378 e. The molecule has 1 aliphatic heterocycles. The largest absolute Gasteiger partial charge is 0.378 e. The molecule has 2 atom stereocenters. The highest BCUT2D eigenvalue weighted by molar-refractivity contribution is 5.93. The highest BCUT2D eigenvalue weighted by Crippen LogP contribution is 2.52. The predicted octanol–water partition coefficient (Wildman–Crippen LogP) is 3.44. The number of nitrogens with zero attached hydrogens (tertiary/aromatic N) is 4. The molecule has 0 saturated carbocycles. The van der Waals surface area contributed by atoms with Crippen molar-refractivity contribution in [1.29, 1.82) is 0 Å². The second kappa shape index (κ2) is 9.85. The number of benzene rings is 1. The summed E-state index contributed by atoms with van der Waals surface area (Å²) in [5.41, 5.74) is 3.94. The zero-order valence-corrected chi connectivity index (χ0v) is 21.1. The molecule has 5 rings (SSSR count). The standard InChI is InChI=1S/C28H33N5O3/c1-4-9-19-18-23(32(2)31-19)27(35)33-16-13-28(14-17-33)21-11-6-5-10-20(21)24(25(28)36-3)30-26(34)22-12-7-8-15-29-22/h5-8,10-12,15,18,24-25H,4,9,13-14,16-17H2,1-3H3,(H,30,34)/t24-,25+/m1/s1. The van der Waals surface area contributed by atoms with Crippen molar-refractivity contribution in [1.82, 2.24) is 25.0 Å². The third kappa shape index (κ3) is 4.09. The minimum atomic E-state index is -0.295. The summed E-state index contributed by atoms with van der Waals surface area (Å²) in [5.74, 6) is -0.205. The lowest BCUT2D eigenvalue weighted by Gasteiger charge is -2.44. The van der Waals surface area contributed by atoms with Crippen LogP contribution in [0.15, 0.2) is 54.7 Å². The molecule has 1 fully saturated rings. The van der Waals surface area contributed by atoms with E-state index in [9.17, 15) is 9.59 Å². The van der Waals surface area contributed by atoms with E-state index in [0.29, 0.717) is 24.5 Å². The van der Waals surface area contributed by atoms with Gasteiger partial charge in [0.2, 0.25) is 0 Å². The Bertz CT molecular complexity index is 1250. The van der Waals surface area contributed by atoms with Gasteiger partial charge in [0.15, 0.2) is 0 Å². The van der Waals surface area contributed by atoms with E-state index in [1.807, 2.05) is 30.1 Å². The van der Waals surface area contributed by atoms with E-state index in [-0.39, 0.29) is 29.4 Å². The fourth-order valence-electron chi connectivity index (χ4n) is 6.01. The number of methoxy groups -OCH3 is 1. The fourth-order valence-corrected chi connectivity index (χ4v) is 6.01. The number of likely N-dealkylation sites (tertiary alicyclic amines) is 1. The van der Waals surface area contributed by atoms with Gasteiger partial charge in [0.05, 0.1) is 17.8 Å². The molecule has 3 aromatic rings. The van der Waals surface area contributed by atoms with Gasteiger partial charge in [0.1, 0.15) is 11.4 Å². The Morgan fingerprint density at radius 3 is 2.58 bits per heavy atom. The summed E-state index contributed by atoms with van der Waals surface area (Å²) in [7, 11) is 3.54. The molecule has 8 nitrogen and oxygen atoms in total. The van der Waals surface area contributed by atoms with E-state index < -0.39 is 0 Å². The van der Waals surface area contributed by atoms with Gasteiger partial charge in [-0.3, -0.25) is 19.3 Å². The summed E-state index contributed by atoms with van der Waals surface area (Å²) in [6, 6.07) is 15.2. The highest BCUT2D eigenvalue weighted by Gasteiger charge is 2.54. The zero-order chi connectivity index (χ0) is 25.3. The topological polar surface area (TPSA) is 89.4 Å². The van der Waals surface area contributed by atoms with Crippen molar-refractivity contribution in [3.63, 3.8) is 0 Å². The van der Waals surface area contributed by atoms with E-state index >= 15 is 0 Å². The SMILES string of the molecule is CCCc1cc(C(=O)N2CCC3(CC2)c2ccccc2[C@@H](NC(=O)c2ccccn2)[C@@H]3OC)n(C)n1. The Hall–Kier alpha value is -3.52. The third-order valence-corrected chi connectivity index (χ3v) is 7.72. The molecule has 188 valence electrons. The molecular formula is C28H33N5O3. The minimum absolute atomic E-state index is 0.0162. The Balaban J connectivity index is 1.38. The van der Waals surface area contributed by atoms with Crippen molar-refractivity contribution in [3.05, 3.63) is 82.9 Å². The van der Waals surface area contributed by atoms with Crippen LogP contribution in [0.2, 0.25) is 0 Å². The second-order valence-electron chi connectivity index (χ2n) is 9.75. The smallest absolute Gasteiger partial charge is 0.272 e. The van der Waals surface area contributed by atoms with Gasteiger partial charge in [0.25, 0.3) is 11.8 Å². The number of pyridine rings is 1. The number of amides is 2. The van der Waals surface area contributed by atoms with Crippen LogP contribution in [-0.2, 0) is 23.6 Å². The highest BCUT2D eigenvalue weighted by atomic mass is 16.5. The Morgan fingerprint density at radius 1 is 1.14 bits per heavy atom. The quantitative estimate of drug-likeness (QED) is 0.575. The number of aryl methyl sites for hydroxylation is 2. The fraction of sp³-hybridized carbons (Fsp3) is 0.429. The van der Waals surface area contributed by atoms with E-state index in [1.165, 1.54) is 5.56 Å². The Labute approximate surface area is 211 Å². The van der Waals surface area contributed by atoms with Gasteiger partial charge in [-0.1, -0.05) is 43.7 Å². The summed E-state index contributed by atoms with van der Waals surface area (Å²) >= 11 is 0. The molecule has 3 heterocycles. The van der Waals surface area contributed by atoms with Crippen molar-refractivity contribution in [3.8, 4) is 0 Å². The first-order valence-corrected chi connectivity index (χ1v) is 12.6. The van der Waals surface area contributed by atoms with Gasteiger partial charge in [0, 0.05) is 38.9 Å². The molecule has 2 amide bonds. The average Bonchev–Trinajstić information content (AvgIpc) is 3.39. The lowest BCUT2D eigenvalue weighted by Crippen LogP contribution is -2.51. The van der Waals surface area contributed by atoms with E-state index in [0.717, 1.165) is 36.9 Å². The van der Waals surface area contributed by atoms with Crippen molar-refractivity contribution in [2.75, 3.05) is 20.2 Å². The number of rotatable bonds is 6. The van der Waals surface area contributed by atoms with Crippen LogP contribution >= 0.6 is 0 Å². The molecule has 1 aromatic carbocycles. The lowest BCUT2D eigenvalue weighted by atomic mass is 9.71. The summed E-state index contributed by atoms with van der Waals surface area (Å²) in [4.78, 5) is 32.5. The van der Waals surface area contributed by atoms with Gasteiger partial charge < -0.3 is 15.0 Å². The number of carbonyl (C=O) groups is 2. The molecule has 1 aliphatic carbocycles. The molecule has 2 aromatic heterocycles. The average molecular weight is 488 g/mol. The summed E-state index contributed by atoms with van der Waals surface area (Å²) in [6.45, 7) is 3.34. The van der Waals surface area contributed by atoms with Crippen LogP contribution in [0.1, 0.15) is 70.0 Å². The summed E-state index contributed by atoms with van der Waals surface area (Å²) in [6.07, 6.45) is 4.74. The molecule has 2 aliphatic rings. The van der Waals surface area contributed by atoms with Gasteiger partial charge in [-0.25, -0.2) is 0 Å². The van der Waals surface area contributed by atoms with Crippen molar-refractivity contribution in [2.24, 2.45) is 7.05 Å². The number of aromatic nitrogens is 3. The van der Waals surface area contributed by atoms with Crippen LogP contribution < -0.4 is 5.32 Å². The van der Waals surface area contributed by atoms with Gasteiger partial charge in [-0.15, -0.1) is 0 Å². The first kappa shape index (κ1) is 24.2. The molecule has 0 unspecified atom stereocenters. The Morgan fingerprint density at radius 2 is 1.89 bits per heavy atom. The maximum atomic E-state index is 13.4. The number of ether oxygens (including phenoxy) is 1. The van der Waals surface area contributed by atoms with Crippen LogP contribution in [0, 0.1) is 0 Å². The number of hydrogen-bond acceptors (Lipinski definition) is 5. The number of nitrogens with one attached hydrogen (secondary N) is 1. The number of fused-ring (bicyclic) bond motifs is 2. The van der Waals surface area contributed by atoms with Crippen LogP contribution in [0.25, 0.3) is 0 Å². The number of piperidine rings is 1. The van der Waals surface area contributed by atoms with E-state index in [2.05, 4.69) is 34.5 Å². The normalized spacial score (nSPS) is 20.4. The summed E-state index contributed by atoms with van der Waals surface area (Å²) < 4.78 is 7.81. The molecule has 0 bridgehead atoms. The summed E-state index contributed by atoms with van der Waals surface area (Å²) in [5, 5.41) is 7.70.